The van der Waals surface area contributed by atoms with Crippen molar-refractivity contribution < 1.29 is 4.79 Å². The molecule has 0 saturated heterocycles. The molecule has 5 heteroatoms. The van der Waals surface area contributed by atoms with Crippen molar-refractivity contribution in [2.45, 2.75) is 44.5 Å². The lowest BCUT2D eigenvalue weighted by Crippen LogP contribution is -2.38. The lowest BCUT2D eigenvalue weighted by atomic mass is 10.1. The Morgan fingerprint density at radius 2 is 2.18 bits per heavy atom. The first-order valence-corrected chi connectivity index (χ1v) is 6.39. The fourth-order valence-corrected chi connectivity index (χ4v) is 2.76. The van der Waals surface area contributed by atoms with Gasteiger partial charge in [-0.25, -0.2) is 0 Å². The highest BCUT2D eigenvalue weighted by molar-refractivity contribution is 6.21. The van der Waals surface area contributed by atoms with E-state index in [2.05, 4.69) is 10.4 Å². The van der Waals surface area contributed by atoms with E-state index in [1.807, 2.05) is 20.9 Å². The summed E-state index contributed by atoms with van der Waals surface area (Å²) in [5, 5.41) is 7.33. The van der Waals surface area contributed by atoms with Crippen LogP contribution in [-0.4, -0.2) is 27.1 Å². The molecule has 1 aromatic rings. The van der Waals surface area contributed by atoms with Crippen molar-refractivity contribution in [1.29, 1.82) is 0 Å². The fraction of sp³-hybridized carbons (Fsp3) is 0.667. The summed E-state index contributed by atoms with van der Waals surface area (Å²) in [5.74, 6) is -0.0503. The van der Waals surface area contributed by atoms with Gasteiger partial charge in [0, 0.05) is 18.8 Å². The highest BCUT2D eigenvalue weighted by Gasteiger charge is 2.28. The number of aryl methyl sites for hydroxylation is 2. The van der Waals surface area contributed by atoms with Crippen LogP contribution < -0.4 is 5.32 Å². The van der Waals surface area contributed by atoms with Crippen LogP contribution in [0.2, 0.25) is 0 Å². The number of amides is 1. The van der Waals surface area contributed by atoms with E-state index < -0.39 is 0 Å². The summed E-state index contributed by atoms with van der Waals surface area (Å²) in [7, 11) is 1.85. The van der Waals surface area contributed by atoms with Crippen molar-refractivity contribution in [3.05, 3.63) is 17.0 Å². The van der Waals surface area contributed by atoms with E-state index in [0.29, 0.717) is 5.56 Å². The van der Waals surface area contributed by atoms with Crippen LogP contribution in [0.25, 0.3) is 0 Å². The predicted molar refractivity (Wildman–Crippen MR) is 67.4 cm³/mol. The van der Waals surface area contributed by atoms with Crippen molar-refractivity contribution in [3.63, 3.8) is 0 Å². The molecule has 17 heavy (non-hydrogen) atoms. The largest absolute Gasteiger partial charge is 0.348 e. The summed E-state index contributed by atoms with van der Waals surface area (Å²) in [6.07, 6.45) is 3.04. The van der Waals surface area contributed by atoms with Gasteiger partial charge in [0.25, 0.3) is 5.91 Å². The fourth-order valence-electron chi connectivity index (χ4n) is 2.42. The standard InChI is InChI=1S/C12H18ClN3O/c1-7-11(8(2)16(3)15-7)12(17)14-10-6-4-5-9(10)13/h9-10H,4-6H2,1-3H3,(H,14,17). The molecule has 0 radical (unpaired) electrons. The van der Waals surface area contributed by atoms with Crippen LogP contribution in [0.5, 0.6) is 0 Å². The number of rotatable bonds is 2. The number of nitrogens with one attached hydrogen (secondary N) is 1. The van der Waals surface area contributed by atoms with Crippen molar-refractivity contribution in [2.24, 2.45) is 7.05 Å². The number of halogens is 1. The Balaban J connectivity index is 2.14. The topological polar surface area (TPSA) is 46.9 Å². The van der Waals surface area contributed by atoms with Gasteiger partial charge in [0.15, 0.2) is 0 Å². The van der Waals surface area contributed by atoms with Crippen LogP contribution in [0.4, 0.5) is 0 Å². The summed E-state index contributed by atoms with van der Waals surface area (Å²) in [6, 6.07) is 0.100. The quantitative estimate of drug-likeness (QED) is 0.821. The maximum atomic E-state index is 12.2. The van der Waals surface area contributed by atoms with E-state index in [0.717, 1.165) is 30.7 Å². The van der Waals surface area contributed by atoms with Gasteiger partial charge in [0.1, 0.15) is 0 Å². The van der Waals surface area contributed by atoms with Crippen LogP contribution in [0.3, 0.4) is 0 Å². The summed E-state index contributed by atoms with van der Waals surface area (Å²) in [4.78, 5) is 12.2. The first-order valence-electron chi connectivity index (χ1n) is 5.96. The van der Waals surface area contributed by atoms with E-state index in [-0.39, 0.29) is 17.3 Å². The Hall–Kier alpha value is -1.03. The maximum absolute atomic E-state index is 12.2. The summed E-state index contributed by atoms with van der Waals surface area (Å²) in [6.45, 7) is 3.76. The third-order valence-electron chi connectivity index (χ3n) is 3.48. The lowest BCUT2D eigenvalue weighted by Gasteiger charge is -2.15. The van der Waals surface area contributed by atoms with E-state index in [9.17, 15) is 4.79 Å². The van der Waals surface area contributed by atoms with Crippen LogP contribution in [0, 0.1) is 13.8 Å². The molecule has 1 heterocycles. The second kappa shape index (κ2) is 4.69. The van der Waals surface area contributed by atoms with Gasteiger partial charge >= 0.3 is 0 Å². The van der Waals surface area contributed by atoms with Gasteiger partial charge in [-0.2, -0.15) is 5.10 Å². The number of aromatic nitrogens is 2. The molecule has 0 spiro atoms. The molecule has 2 atom stereocenters. The van der Waals surface area contributed by atoms with Gasteiger partial charge in [-0.1, -0.05) is 0 Å². The van der Waals surface area contributed by atoms with Crippen molar-refractivity contribution in [3.8, 4) is 0 Å². The average Bonchev–Trinajstić information content (AvgIpc) is 2.74. The minimum Gasteiger partial charge on any atom is -0.348 e. The van der Waals surface area contributed by atoms with Gasteiger partial charge < -0.3 is 5.32 Å². The number of alkyl halides is 1. The zero-order chi connectivity index (χ0) is 12.6. The first-order chi connectivity index (χ1) is 8.00. The SMILES string of the molecule is Cc1nn(C)c(C)c1C(=O)NC1CCCC1Cl. The van der Waals surface area contributed by atoms with Crippen molar-refractivity contribution in [1.82, 2.24) is 15.1 Å². The highest BCUT2D eigenvalue weighted by atomic mass is 35.5. The van der Waals surface area contributed by atoms with Crippen LogP contribution in [0.15, 0.2) is 0 Å². The Bertz CT molecular complexity index is 441. The second-order valence-electron chi connectivity index (χ2n) is 4.70. The minimum absolute atomic E-state index is 0.0503. The van der Waals surface area contributed by atoms with Crippen molar-refractivity contribution in [2.75, 3.05) is 0 Å². The first kappa shape index (κ1) is 12.4. The molecule has 1 saturated carbocycles. The molecule has 4 nitrogen and oxygen atoms in total. The zero-order valence-corrected chi connectivity index (χ0v) is 11.2. The molecule has 0 bridgehead atoms. The molecule has 1 fully saturated rings. The predicted octanol–water partition coefficient (Wildman–Crippen LogP) is 1.93. The molecule has 0 aromatic carbocycles. The molecule has 1 aliphatic rings. The van der Waals surface area contributed by atoms with Gasteiger partial charge in [0.2, 0.25) is 0 Å². The van der Waals surface area contributed by atoms with Crippen LogP contribution in [-0.2, 0) is 7.05 Å². The average molecular weight is 256 g/mol. The van der Waals surface area contributed by atoms with Gasteiger partial charge in [-0.05, 0) is 33.1 Å². The van der Waals surface area contributed by atoms with E-state index in [1.165, 1.54) is 0 Å². The molecule has 1 aliphatic carbocycles. The summed E-state index contributed by atoms with van der Waals surface area (Å²) < 4.78 is 1.73. The Morgan fingerprint density at radius 1 is 1.47 bits per heavy atom. The Labute approximate surface area is 106 Å². The second-order valence-corrected chi connectivity index (χ2v) is 5.26. The van der Waals surface area contributed by atoms with E-state index in [4.69, 9.17) is 11.6 Å². The maximum Gasteiger partial charge on any atom is 0.255 e. The van der Waals surface area contributed by atoms with Gasteiger partial charge in [0.05, 0.1) is 16.6 Å². The van der Waals surface area contributed by atoms with E-state index >= 15 is 0 Å². The van der Waals surface area contributed by atoms with Gasteiger partial charge in [-0.3, -0.25) is 9.48 Å². The summed E-state index contributed by atoms with van der Waals surface area (Å²) in [5.41, 5.74) is 2.35. The lowest BCUT2D eigenvalue weighted by molar-refractivity contribution is 0.0937. The van der Waals surface area contributed by atoms with E-state index in [1.54, 1.807) is 4.68 Å². The molecule has 1 aromatic heterocycles. The Morgan fingerprint density at radius 3 is 2.65 bits per heavy atom. The number of hydrogen-bond acceptors (Lipinski definition) is 2. The normalized spacial score (nSPS) is 24.0. The number of carbonyl (C=O) groups excluding carboxylic acids is 1. The third kappa shape index (κ3) is 2.32. The van der Waals surface area contributed by atoms with Crippen LogP contribution >= 0.6 is 11.6 Å². The zero-order valence-electron chi connectivity index (χ0n) is 10.5. The Kier molecular flexibility index (Phi) is 3.43. The molecular formula is C12H18ClN3O. The monoisotopic (exact) mass is 255 g/mol. The smallest absolute Gasteiger partial charge is 0.255 e. The van der Waals surface area contributed by atoms with Crippen molar-refractivity contribution >= 4 is 17.5 Å². The summed E-state index contributed by atoms with van der Waals surface area (Å²) >= 11 is 6.16. The number of carbonyl (C=O) groups is 1. The molecule has 2 unspecified atom stereocenters. The van der Waals surface area contributed by atoms with Crippen LogP contribution in [0.1, 0.15) is 41.0 Å². The molecule has 0 aliphatic heterocycles. The number of hydrogen-bond donors (Lipinski definition) is 1. The molecular weight excluding hydrogens is 238 g/mol. The van der Waals surface area contributed by atoms with Gasteiger partial charge in [-0.15, -0.1) is 11.6 Å². The number of nitrogens with zero attached hydrogens (tertiary/aromatic N) is 2. The molecule has 2 rings (SSSR count). The third-order valence-corrected chi connectivity index (χ3v) is 4.01. The molecule has 1 amide bonds. The molecule has 94 valence electrons. The molecule has 1 N–H and O–H groups in total. The highest BCUT2D eigenvalue weighted by Crippen LogP contribution is 2.24. The minimum atomic E-state index is -0.0503.